The fourth-order valence-corrected chi connectivity index (χ4v) is 3.27. The monoisotopic (exact) mass is 442 g/mol. The third-order valence-corrected chi connectivity index (χ3v) is 4.86. The van der Waals surface area contributed by atoms with Gasteiger partial charge in [0.2, 0.25) is 0 Å². The van der Waals surface area contributed by atoms with E-state index in [0.717, 1.165) is 4.90 Å². The van der Waals surface area contributed by atoms with E-state index in [2.05, 4.69) is 5.32 Å². The molecule has 164 valence electrons. The number of urea groups is 1. The number of hydrogen-bond donors (Lipinski definition) is 1. The Morgan fingerprint density at radius 2 is 1.48 bits per heavy atom. The number of benzene rings is 3. The van der Waals surface area contributed by atoms with Crippen LogP contribution in [0.25, 0.3) is 6.08 Å². The first-order chi connectivity index (χ1) is 16.0. The van der Waals surface area contributed by atoms with Crippen molar-refractivity contribution in [2.75, 3.05) is 12.0 Å². The van der Waals surface area contributed by atoms with Crippen molar-refractivity contribution in [1.29, 1.82) is 0 Å². The zero-order valence-electron chi connectivity index (χ0n) is 17.5. The number of barbiturate groups is 1. The Morgan fingerprint density at radius 1 is 0.848 bits per heavy atom. The van der Waals surface area contributed by atoms with Gasteiger partial charge in [0, 0.05) is 5.56 Å². The maximum Gasteiger partial charge on any atom is 0.343 e. The van der Waals surface area contributed by atoms with Gasteiger partial charge in [-0.1, -0.05) is 48.5 Å². The smallest absolute Gasteiger partial charge is 0.343 e. The van der Waals surface area contributed by atoms with E-state index in [1.807, 2.05) is 0 Å². The van der Waals surface area contributed by atoms with Crippen LogP contribution in [0.2, 0.25) is 0 Å². The highest BCUT2D eigenvalue weighted by molar-refractivity contribution is 6.39. The van der Waals surface area contributed by atoms with Crippen LogP contribution in [0.4, 0.5) is 10.5 Å². The van der Waals surface area contributed by atoms with Crippen molar-refractivity contribution in [1.82, 2.24) is 5.32 Å². The lowest BCUT2D eigenvalue weighted by Gasteiger charge is -2.27. The van der Waals surface area contributed by atoms with Crippen molar-refractivity contribution >= 4 is 35.6 Å². The lowest BCUT2D eigenvalue weighted by Crippen LogP contribution is -2.54. The standard InChI is InChI=1S/C25H18N2O6/c1-32-21-14-8-6-12-19(21)27-23(29)18(22(28)26-25(27)31)15-17-11-5-7-13-20(17)33-24(30)16-9-3-2-4-10-16/h2-15H,1H3,(H,26,28,31)/b18-15-. The van der Waals surface area contributed by atoms with Crippen molar-refractivity contribution in [2.45, 2.75) is 0 Å². The number of rotatable bonds is 5. The maximum atomic E-state index is 13.2. The quantitative estimate of drug-likeness (QED) is 0.281. The van der Waals surface area contributed by atoms with Crippen LogP contribution in [0.3, 0.4) is 0 Å². The van der Waals surface area contributed by atoms with Crippen LogP contribution in [0.5, 0.6) is 11.5 Å². The molecule has 33 heavy (non-hydrogen) atoms. The molecule has 8 nitrogen and oxygen atoms in total. The summed E-state index contributed by atoms with van der Waals surface area (Å²) >= 11 is 0. The average Bonchev–Trinajstić information content (AvgIpc) is 2.83. The molecule has 3 aromatic carbocycles. The number of methoxy groups -OCH3 is 1. The number of esters is 1. The van der Waals surface area contributed by atoms with E-state index in [1.165, 1.54) is 19.3 Å². The van der Waals surface area contributed by atoms with Crippen molar-refractivity contribution in [3.8, 4) is 11.5 Å². The summed E-state index contributed by atoms with van der Waals surface area (Å²) in [5.41, 5.74) is 0.544. The largest absolute Gasteiger partial charge is 0.495 e. The van der Waals surface area contributed by atoms with Crippen LogP contribution in [0.1, 0.15) is 15.9 Å². The Hall–Kier alpha value is -4.72. The molecule has 4 rings (SSSR count). The minimum absolute atomic E-state index is 0.153. The van der Waals surface area contributed by atoms with Crippen molar-refractivity contribution in [3.05, 3.63) is 95.6 Å². The van der Waals surface area contributed by atoms with Gasteiger partial charge in [-0.3, -0.25) is 14.9 Å². The van der Waals surface area contributed by atoms with E-state index in [0.29, 0.717) is 11.1 Å². The van der Waals surface area contributed by atoms with E-state index in [4.69, 9.17) is 9.47 Å². The van der Waals surface area contributed by atoms with Gasteiger partial charge in [-0.25, -0.2) is 14.5 Å². The maximum absolute atomic E-state index is 13.2. The van der Waals surface area contributed by atoms with Gasteiger partial charge < -0.3 is 9.47 Å². The summed E-state index contributed by atoms with van der Waals surface area (Å²) in [5, 5.41) is 2.16. The molecule has 8 heteroatoms. The van der Waals surface area contributed by atoms with Gasteiger partial charge in [-0.05, 0) is 36.4 Å². The summed E-state index contributed by atoms with van der Waals surface area (Å²) in [6.45, 7) is 0. The first-order valence-corrected chi connectivity index (χ1v) is 9.90. The topological polar surface area (TPSA) is 102 Å². The highest BCUT2D eigenvalue weighted by Crippen LogP contribution is 2.31. The molecule has 0 aromatic heterocycles. The first-order valence-electron chi connectivity index (χ1n) is 9.90. The zero-order valence-corrected chi connectivity index (χ0v) is 17.5. The van der Waals surface area contributed by atoms with Gasteiger partial charge in [0.05, 0.1) is 18.4 Å². The number of nitrogens with one attached hydrogen (secondary N) is 1. The molecule has 0 aliphatic carbocycles. The third kappa shape index (κ3) is 4.35. The number of para-hydroxylation sites is 3. The summed E-state index contributed by atoms with van der Waals surface area (Å²) in [5.74, 6) is -1.85. The molecule has 0 saturated carbocycles. The molecular weight excluding hydrogens is 424 g/mol. The number of ether oxygens (including phenoxy) is 2. The van der Waals surface area contributed by atoms with Gasteiger partial charge in [-0.15, -0.1) is 0 Å². The van der Waals surface area contributed by atoms with Crippen molar-refractivity contribution in [3.63, 3.8) is 0 Å². The Kier molecular flexibility index (Phi) is 5.99. The van der Waals surface area contributed by atoms with Gasteiger partial charge >= 0.3 is 12.0 Å². The molecule has 1 aliphatic heterocycles. The molecule has 0 atom stereocenters. The Balaban J connectivity index is 1.70. The molecule has 0 radical (unpaired) electrons. The normalized spacial score (nSPS) is 14.8. The average molecular weight is 442 g/mol. The Bertz CT molecular complexity index is 1280. The summed E-state index contributed by atoms with van der Waals surface area (Å²) in [7, 11) is 1.41. The summed E-state index contributed by atoms with van der Waals surface area (Å²) < 4.78 is 10.7. The van der Waals surface area contributed by atoms with Crippen LogP contribution in [-0.2, 0) is 9.59 Å². The Morgan fingerprint density at radius 3 is 2.21 bits per heavy atom. The fourth-order valence-electron chi connectivity index (χ4n) is 3.27. The predicted molar refractivity (Wildman–Crippen MR) is 120 cm³/mol. The number of anilines is 1. The second-order valence-electron chi connectivity index (χ2n) is 6.92. The molecule has 3 aromatic rings. The van der Waals surface area contributed by atoms with E-state index in [1.54, 1.807) is 72.8 Å². The number of amides is 4. The van der Waals surface area contributed by atoms with Gasteiger partial charge in [0.25, 0.3) is 11.8 Å². The van der Waals surface area contributed by atoms with Crippen LogP contribution in [0, 0.1) is 0 Å². The molecule has 1 N–H and O–H groups in total. The molecule has 0 unspecified atom stereocenters. The van der Waals surface area contributed by atoms with Crippen LogP contribution >= 0.6 is 0 Å². The van der Waals surface area contributed by atoms with Crippen LogP contribution < -0.4 is 19.7 Å². The lowest BCUT2D eigenvalue weighted by atomic mass is 10.1. The van der Waals surface area contributed by atoms with Gasteiger partial charge in [-0.2, -0.15) is 0 Å². The van der Waals surface area contributed by atoms with Crippen LogP contribution in [0.15, 0.2) is 84.4 Å². The number of imide groups is 2. The molecule has 1 saturated heterocycles. The third-order valence-electron chi connectivity index (χ3n) is 4.86. The van der Waals surface area contributed by atoms with Gasteiger partial charge in [0.15, 0.2) is 0 Å². The fraction of sp³-hybridized carbons (Fsp3) is 0.0400. The molecule has 1 fully saturated rings. The Labute approximate surface area is 189 Å². The first kappa shape index (κ1) is 21.5. The number of nitrogens with zero attached hydrogens (tertiary/aromatic N) is 1. The minimum Gasteiger partial charge on any atom is -0.495 e. The second-order valence-corrected chi connectivity index (χ2v) is 6.92. The SMILES string of the molecule is COc1ccccc1N1C(=O)NC(=O)/C(=C/c2ccccc2OC(=O)c2ccccc2)C1=O. The molecule has 1 aliphatic rings. The molecule has 0 bridgehead atoms. The zero-order chi connectivity index (χ0) is 23.4. The predicted octanol–water partition coefficient (Wildman–Crippen LogP) is 3.58. The van der Waals surface area contributed by atoms with Crippen LogP contribution in [-0.4, -0.2) is 30.9 Å². The molecular formula is C25H18N2O6. The number of hydrogen-bond acceptors (Lipinski definition) is 6. The summed E-state index contributed by atoms with van der Waals surface area (Å²) in [4.78, 5) is 51.5. The summed E-state index contributed by atoms with van der Waals surface area (Å²) in [6.07, 6.45) is 1.28. The lowest BCUT2D eigenvalue weighted by molar-refractivity contribution is -0.122. The number of carbonyl (C=O) groups excluding carboxylic acids is 4. The highest BCUT2D eigenvalue weighted by Gasteiger charge is 2.38. The van der Waals surface area contributed by atoms with E-state index in [-0.39, 0.29) is 22.8 Å². The minimum atomic E-state index is -0.893. The van der Waals surface area contributed by atoms with E-state index >= 15 is 0 Å². The molecule has 4 amide bonds. The highest BCUT2D eigenvalue weighted by atomic mass is 16.5. The molecule has 1 heterocycles. The summed E-state index contributed by atoms with van der Waals surface area (Å²) in [6, 6.07) is 20.4. The van der Waals surface area contributed by atoms with Crippen molar-refractivity contribution < 1.29 is 28.7 Å². The van der Waals surface area contributed by atoms with Crippen molar-refractivity contribution in [2.24, 2.45) is 0 Å². The van der Waals surface area contributed by atoms with Gasteiger partial charge in [0.1, 0.15) is 17.1 Å². The van der Waals surface area contributed by atoms with E-state index in [9.17, 15) is 19.2 Å². The second kappa shape index (κ2) is 9.19. The molecule has 0 spiro atoms. The number of carbonyl (C=O) groups is 4. The van der Waals surface area contributed by atoms with E-state index < -0.39 is 23.8 Å².